The van der Waals surface area contributed by atoms with E-state index < -0.39 is 11.6 Å². The van der Waals surface area contributed by atoms with Crippen molar-refractivity contribution in [2.75, 3.05) is 0 Å². The van der Waals surface area contributed by atoms with Crippen LogP contribution >= 0.6 is 0 Å². The Morgan fingerprint density at radius 3 is 2.93 bits per heavy atom. The van der Waals surface area contributed by atoms with Gasteiger partial charge in [-0.2, -0.15) is 0 Å². The van der Waals surface area contributed by atoms with E-state index >= 15 is 0 Å². The molecule has 2 rings (SSSR count). The molecule has 82 valence electrons. The fourth-order valence-corrected chi connectivity index (χ4v) is 2.31. The van der Waals surface area contributed by atoms with Gasteiger partial charge in [0.05, 0.1) is 6.26 Å². The van der Waals surface area contributed by atoms with Crippen LogP contribution in [0, 0.1) is 5.92 Å². The lowest BCUT2D eigenvalue weighted by Gasteiger charge is -2.25. The molecule has 0 aromatic carbocycles. The van der Waals surface area contributed by atoms with E-state index in [0.29, 0.717) is 6.42 Å². The van der Waals surface area contributed by atoms with Crippen molar-refractivity contribution in [3.63, 3.8) is 0 Å². The number of rotatable bonds is 2. The van der Waals surface area contributed by atoms with Gasteiger partial charge in [-0.15, -0.1) is 0 Å². The lowest BCUT2D eigenvalue weighted by atomic mass is 9.88. The number of hydrogen-bond donors (Lipinski definition) is 2. The molecule has 1 heterocycles. The van der Waals surface area contributed by atoms with E-state index in [-0.39, 0.29) is 17.2 Å². The Balaban J connectivity index is 2.44. The average Bonchev–Trinajstić information content (AvgIpc) is 2.75. The first-order chi connectivity index (χ1) is 7.05. The number of aliphatic hydroxyl groups is 1. The predicted octanol–water partition coefficient (Wildman–Crippen LogP) is 1.99. The van der Waals surface area contributed by atoms with Gasteiger partial charge in [0.1, 0.15) is 16.9 Å². The van der Waals surface area contributed by atoms with Crippen molar-refractivity contribution in [2.45, 2.75) is 31.8 Å². The molecule has 1 aliphatic rings. The molecule has 4 heteroatoms. The quantitative estimate of drug-likeness (QED) is 0.783. The van der Waals surface area contributed by atoms with Gasteiger partial charge in [-0.3, -0.25) is 0 Å². The van der Waals surface area contributed by atoms with Crippen LogP contribution in [0.3, 0.4) is 0 Å². The second-order valence-electron chi connectivity index (χ2n) is 4.19. The first kappa shape index (κ1) is 10.2. The van der Waals surface area contributed by atoms with Crippen LogP contribution in [0.4, 0.5) is 0 Å². The average molecular weight is 210 g/mol. The topological polar surface area (TPSA) is 70.7 Å². The van der Waals surface area contributed by atoms with E-state index in [4.69, 9.17) is 9.52 Å². The molecule has 15 heavy (non-hydrogen) atoms. The Labute approximate surface area is 87.5 Å². The molecule has 1 fully saturated rings. The minimum atomic E-state index is -1.10. The van der Waals surface area contributed by atoms with Gasteiger partial charge in [0.15, 0.2) is 0 Å². The van der Waals surface area contributed by atoms with Crippen LogP contribution in [-0.4, -0.2) is 16.2 Å². The maximum atomic E-state index is 10.9. The zero-order valence-electron chi connectivity index (χ0n) is 8.56. The highest BCUT2D eigenvalue weighted by atomic mass is 16.4. The molecule has 1 aromatic rings. The van der Waals surface area contributed by atoms with Crippen molar-refractivity contribution in [1.29, 1.82) is 0 Å². The van der Waals surface area contributed by atoms with Crippen LogP contribution < -0.4 is 0 Å². The van der Waals surface area contributed by atoms with Crippen LogP contribution in [0.1, 0.15) is 42.3 Å². The zero-order valence-corrected chi connectivity index (χ0v) is 8.56. The van der Waals surface area contributed by atoms with E-state index in [1.54, 1.807) is 0 Å². The number of carboxylic acids is 1. The largest absolute Gasteiger partial charge is 0.478 e. The SMILES string of the molecule is CC1CCCC1(O)c1occc1C(=O)O. The second-order valence-corrected chi connectivity index (χ2v) is 4.19. The zero-order chi connectivity index (χ0) is 11.1. The van der Waals surface area contributed by atoms with Crippen LogP contribution in [0.2, 0.25) is 0 Å². The molecular weight excluding hydrogens is 196 g/mol. The molecule has 0 aliphatic heterocycles. The fraction of sp³-hybridized carbons (Fsp3) is 0.545. The van der Waals surface area contributed by atoms with Crippen LogP contribution in [0.15, 0.2) is 16.7 Å². The third-order valence-electron chi connectivity index (χ3n) is 3.30. The maximum Gasteiger partial charge on any atom is 0.339 e. The van der Waals surface area contributed by atoms with E-state index in [1.165, 1.54) is 12.3 Å². The van der Waals surface area contributed by atoms with Crippen molar-refractivity contribution in [3.8, 4) is 0 Å². The summed E-state index contributed by atoms with van der Waals surface area (Å²) in [6, 6.07) is 1.39. The summed E-state index contributed by atoms with van der Waals surface area (Å²) in [6.07, 6.45) is 3.69. The smallest absolute Gasteiger partial charge is 0.339 e. The summed E-state index contributed by atoms with van der Waals surface area (Å²) < 4.78 is 5.15. The molecule has 4 nitrogen and oxygen atoms in total. The monoisotopic (exact) mass is 210 g/mol. The summed E-state index contributed by atoms with van der Waals surface area (Å²) in [7, 11) is 0. The molecule has 1 aromatic heterocycles. The Kier molecular flexibility index (Phi) is 2.31. The van der Waals surface area contributed by atoms with Gasteiger partial charge in [0.25, 0.3) is 0 Å². The van der Waals surface area contributed by atoms with Gasteiger partial charge in [-0.05, 0) is 31.2 Å². The van der Waals surface area contributed by atoms with Gasteiger partial charge in [-0.1, -0.05) is 6.92 Å². The molecule has 0 spiro atoms. The number of furan rings is 1. The predicted molar refractivity (Wildman–Crippen MR) is 52.6 cm³/mol. The van der Waals surface area contributed by atoms with Crippen molar-refractivity contribution in [2.24, 2.45) is 5.92 Å². The molecule has 2 N–H and O–H groups in total. The van der Waals surface area contributed by atoms with Gasteiger partial charge in [0, 0.05) is 0 Å². The van der Waals surface area contributed by atoms with Crippen LogP contribution in [0.25, 0.3) is 0 Å². The summed E-state index contributed by atoms with van der Waals surface area (Å²) >= 11 is 0. The Morgan fingerprint density at radius 2 is 2.40 bits per heavy atom. The molecule has 0 radical (unpaired) electrons. The molecule has 2 unspecified atom stereocenters. The van der Waals surface area contributed by atoms with Gasteiger partial charge >= 0.3 is 5.97 Å². The summed E-state index contributed by atoms with van der Waals surface area (Å²) in [5, 5.41) is 19.3. The molecule has 0 amide bonds. The lowest BCUT2D eigenvalue weighted by molar-refractivity contribution is -0.0170. The Bertz CT molecular complexity index is 382. The summed E-state index contributed by atoms with van der Waals surface area (Å²) in [5.41, 5.74) is -1.02. The highest BCUT2D eigenvalue weighted by Crippen LogP contribution is 2.44. The molecule has 0 bridgehead atoms. The van der Waals surface area contributed by atoms with Crippen molar-refractivity contribution >= 4 is 5.97 Å². The fourth-order valence-electron chi connectivity index (χ4n) is 2.31. The van der Waals surface area contributed by atoms with Gasteiger partial charge in [0.2, 0.25) is 0 Å². The van der Waals surface area contributed by atoms with Crippen molar-refractivity contribution in [3.05, 3.63) is 23.7 Å². The minimum Gasteiger partial charge on any atom is -0.478 e. The Hall–Kier alpha value is -1.29. The molecule has 1 saturated carbocycles. The highest BCUT2D eigenvalue weighted by molar-refractivity contribution is 5.89. The van der Waals surface area contributed by atoms with E-state index in [0.717, 1.165) is 12.8 Å². The standard InChI is InChI=1S/C11H14O4/c1-7-3-2-5-11(7,14)9-8(10(12)13)4-6-15-9/h4,6-7,14H,2-3,5H2,1H3,(H,12,13). The summed E-state index contributed by atoms with van der Waals surface area (Å²) in [6.45, 7) is 1.92. The number of aromatic carboxylic acids is 1. The van der Waals surface area contributed by atoms with E-state index in [1.807, 2.05) is 6.92 Å². The number of carboxylic acid groups (broad SMARTS) is 1. The van der Waals surface area contributed by atoms with Crippen LogP contribution in [0.5, 0.6) is 0 Å². The minimum absolute atomic E-state index is 0.0433. The molecule has 0 saturated heterocycles. The van der Waals surface area contributed by atoms with E-state index in [2.05, 4.69) is 0 Å². The Morgan fingerprint density at radius 1 is 1.67 bits per heavy atom. The highest BCUT2D eigenvalue weighted by Gasteiger charge is 2.44. The lowest BCUT2D eigenvalue weighted by Crippen LogP contribution is -2.29. The first-order valence-electron chi connectivity index (χ1n) is 5.09. The van der Waals surface area contributed by atoms with E-state index in [9.17, 15) is 9.90 Å². The summed E-state index contributed by atoms with van der Waals surface area (Å²) in [5.74, 6) is -0.798. The third-order valence-corrected chi connectivity index (χ3v) is 3.30. The first-order valence-corrected chi connectivity index (χ1v) is 5.09. The normalized spacial score (nSPS) is 30.7. The molecule has 1 aliphatic carbocycles. The van der Waals surface area contributed by atoms with Crippen LogP contribution in [-0.2, 0) is 5.60 Å². The van der Waals surface area contributed by atoms with Crippen molar-refractivity contribution in [1.82, 2.24) is 0 Å². The van der Waals surface area contributed by atoms with Gasteiger partial charge in [-0.25, -0.2) is 4.79 Å². The number of hydrogen-bond acceptors (Lipinski definition) is 3. The molecule has 2 atom stereocenters. The summed E-state index contributed by atoms with van der Waals surface area (Å²) in [4.78, 5) is 10.9. The van der Waals surface area contributed by atoms with Gasteiger partial charge < -0.3 is 14.6 Å². The van der Waals surface area contributed by atoms with Crippen molar-refractivity contribution < 1.29 is 19.4 Å². The second kappa shape index (κ2) is 3.38. The third kappa shape index (κ3) is 1.45. The molecular formula is C11H14O4. The number of carbonyl (C=O) groups is 1. The maximum absolute atomic E-state index is 10.9.